The Bertz CT molecular complexity index is 1050. The number of aliphatic hydroxyl groups excluding tert-OH is 5. The summed E-state index contributed by atoms with van der Waals surface area (Å²) in [6.07, 6.45) is 54.3. The molecule has 0 aromatic rings. The molecule has 0 bridgehead atoms. The van der Waals surface area contributed by atoms with Gasteiger partial charge in [0, 0.05) is 6.42 Å². The summed E-state index contributed by atoms with van der Waals surface area (Å²) in [6.45, 7) is 3.89. The first-order valence-electron chi connectivity index (χ1n) is 30.7. The van der Waals surface area contributed by atoms with E-state index in [1.54, 1.807) is 0 Å². The van der Waals surface area contributed by atoms with Crippen LogP contribution in [0.1, 0.15) is 322 Å². The zero-order chi connectivity index (χ0) is 50.1. The van der Waals surface area contributed by atoms with E-state index >= 15 is 0 Å². The van der Waals surface area contributed by atoms with Crippen molar-refractivity contribution < 1.29 is 39.8 Å². The molecule has 7 unspecified atom stereocenters. The molecule has 69 heavy (non-hydrogen) atoms. The fourth-order valence-corrected chi connectivity index (χ4v) is 10.3. The van der Waals surface area contributed by atoms with E-state index in [0.29, 0.717) is 12.8 Å². The number of nitrogens with one attached hydrogen (secondary N) is 1. The molecular weight excluding hydrogens is 863 g/mol. The lowest BCUT2D eigenvalue weighted by atomic mass is 9.99. The van der Waals surface area contributed by atoms with Crippen LogP contribution in [-0.2, 0) is 14.3 Å². The molecule has 0 spiro atoms. The summed E-state index contributed by atoms with van der Waals surface area (Å²) in [5, 5.41) is 54.7. The average molecular weight is 983 g/mol. The largest absolute Gasteiger partial charge is 0.394 e. The minimum absolute atomic E-state index is 0.131. The highest BCUT2D eigenvalue weighted by molar-refractivity contribution is 5.76. The first kappa shape index (κ1) is 66.2. The Morgan fingerprint density at radius 3 is 1.03 bits per heavy atom. The van der Waals surface area contributed by atoms with Gasteiger partial charge in [-0.05, 0) is 12.8 Å². The molecule has 9 heteroatoms. The van der Waals surface area contributed by atoms with Gasteiger partial charge >= 0.3 is 0 Å². The van der Waals surface area contributed by atoms with Crippen molar-refractivity contribution in [2.75, 3.05) is 13.2 Å². The zero-order valence-electron chi connectivity index (χ0n) is 45.9. The molecule has 6 N–H and O–H groups in total. The summed E-state index contributed by atoms with van der Waals surface area (Å²) < 4.78 is 11.3. The highest BCUT2D eigenvalue weighted by Gasteiger charge is 2.44. The second kappa shape index (κ2) is 50.7. The SMILES string of the molecule is CCCCCCCCCCCCCCCCCCCCCCCCCCCCCCC(O)C(COC1OC(CO)C(O)C(O)C1O)NC(=O)CCCCCCCCCCCCCCCCCCCC. The molecule has 1 rings (SSSR count). The van der Waals surface area contributed by atoms with Crippen LogP contribution < -0.4 is 5.32 Å². The Kier molecular flexibility index (Phi) is 48.7. The van der Waals surface area contributed by atoms with Gasteiger partial charge in [-0.3, -0.25) is 4.79 Å². The van der Waals surface area contributed by atoms with Crippen LogP contribution >= 0.6 is 0 Å². The van der Waals surface area contributed by atoms with Crippen LogP contribution in [0, 0.1) is 0 Å². The molecule has 1 fully saturated rings. The van der Waals surface area contributed by atoms with Crippen LogP contribution in [-0.4, -0.2) is 87.5 Å². The second-order valence-corrected chi connectivity index (χ2v) is 21.9. The fraction of sp³-hybridized carbons (Fsp3) is 0.983. The predicted molar refractivity (Wildman–Crippen MR) is 291 cm³/mol. The third kappa shape index (κ3) is 40.3. The van der Waals surface area contributed by atoms with Crippen LogP contribution in [0.25, 0.3) is 0 Å². The van der Waals surface area contributed by atoms with Crippen molar-refractivity contribution in [2.24, 2.45) is 0 Å². The second-order valence-electron chi connectivity index (χ2n) is 21.9. The van der Waals surface area contributed by atoms with E-state index in [9.17, 15) is 30.3 Å². The summed E-state index contributed by atoms with van der Waals surface area (Å²) in [5.74, 6) is -0.136. The van der Waals surface area contributed by atoms with Gasteiger partial charge in [0.1, 0.15) is 24.4 Å². The molecule has 1 saturated heterocycles. The highest BCUT2D eigenvalue weighted by Crippen LogP contribution is 2.24. The van der Waals surface area contributed by atoms with Gasteiger partial charge in [0.05, 0.1) is 25.4 Å². The average Bonchev–Trinajstić information content (AvgIpc) is 3.35. The molecular formula is C60H119NO8. The lowest BCUT2D eigenvalue weighted by Gasteiger charge is -2.40. The maximum atomic E-state index is 13.1. The van der Waals surface area contributed by atoms with Gasteiger partial charge in [-0.15, -0.1) is 0 Å². The minimum Gasteiger partial charge on any atom is -0.394 e. The molecule has 9 nitrogen and oxygen atoms in total. The third-order valence-corrected chi connectivity index (χ3v) is 15.2. The molecule has 0 aromatic heterocycles. The number of carbonyl (C=O) groups is 1. The number of hydrogen-bond acceptors (Lipinski definition) is 8. The van der Waals surface area contributed by atoms with Crippen LogP contribution in [0.2, 0.25) is 0 Å². The molecule has 0 radical (unpaired) electrons. The standard InChI is InChI=1S/C60H119NO8/c1-3-5-7-9-11-13-15-17-19-21-23-24-25-26-27-28-29-30-31-32-33-35-37-39-41-43-45-47-49-54(63)53(52-68-60-59(67)58(66)57(65)55(51-62)69-60)61-56(64)50-48-46-44-42-40-38-36-34-22-20-18-16-14-12-10-8-6-4-2/h53-55,57-60,62-63,65-67H,3-52H2,1-2H3,(H,61,64). The Morgan fingerprint density at radius 2 is 0.725 bits per heavy atom. The van der Waals surface area contributed by atoms with E-state index in [4.69, 9.17) is 9.47 Å². The van der Waals surface area contributed by atoms with Gasteiger partial charge in [-0.1, -0.05) is 303 Å². The van der Waals surface area contributed by atoms with Gasteiger partial charge in [-0.2, -0.15) is 0 Å². The Labute approximate surface area is 427 Å². The molecule has 1 amide bonds. The van der Waals surface area contributed by atoms with Crippen molar-refractivity contribution in [3.05, 3.63) is 0 Å². The molecule has 1 heterocycles. The van der Waals surface area contributed by atoms with E-state index in [2.05, 4.69) is 19.2 Å². The van der Waals surface area contributed by atoms with Crippen LogP contribution in [0.4, 0.5) is 0 Å². The maximum absolute atomic E-state index is 13.1. The van der Waals surface area contributed by atoms with Crippen LogP contribution in [0.15, 0.2) is 0 Å². The van der Waals surface area contributed by atoms with E-state index < -0.39 is 49.5 Å². The summed E-state index contributed by atoms with van der Waals surface area (Å²) >= 11 is 0. The van der Waals surface area contributed by atoms with Crippen molar-refractivity contribution in [3.8, 4) is 0 Å². The zero-order valence-corrected chi connectivity index (χ0v) is 45.9. The quantitative estimate of drug-likeness (QED) is 0.0330. The van der Waals surface area contributed by atoms with Crippen LogP contribution in [0.5, 0.6) is 0 Å². The van der Waals surface area contributed by atoms with Crippen molar-refractivity contribution in [1.29, 1.82) is 0 Å². The van der Waals surface area contributed by atoms with Crippen molar-refractivity contribution in [3.63, 3.8) is 0 Å². The lowest BCUT2D eigenvalue weighted by molar-refractivity contribution is -0.302. The van der Waals surface area contributed by atoms with Crippen LogP contribution in [0.3, 0.4) is 0 Å². The third-order valence-electron chi connectivity index (χ3n) is 15.2. The van der Waals surface area contributed by atoms with Crippen molar-refractivity contribution in [2.45, 2.75) is 365 Å². The molecule has 0 aliphatic carbocycles. The topological polar surface area (TPSA) is 149 Å². The number of ether oxygens (including phenoxy) is 2. The van der Waals surface area contributed by atoms with Crippen molar-refractivity contribution >= 4 is 5.91 Å². The molecule has 1 aliphatic heterocycles. The molecule has 1 aliphatic rings. The Hall–Kier alpha value is -0.810. The van der Waals surface area contributed by atoms with E-state index in [1.807, 2.05) is 0 Å². The number of unbranched alkanes of at least 4 members (excludes halogenated alkanes) is 44. The van der Waals surface area contributed by atoms with Gasteiger partial charge in [0.15, 0.2) is 6.29 Å². The Morgan fingerprint density at radius 1 is 0.435 bits per heavy atom. The number of hydrogen-bond donors (Lipinski definition) is 6. The van der Waals surface area contributed by atoms with Gasteiger partial charge < -0.3 is 40.3 Å². The molecule has 7 atom stereocenters. The highest BCUT2D eigenvalue weighted by atomic mass is 16.7. The number of rotatable bonds is 54. The number of amides is 1. The lowest BCUT2D eigenvalue weighted by Crippen LogP contribution is -2.60. The molecule has 0 aromatic carbocycles. The summed E-state index contributed by atoms with van der Waals surface area (Å²) in [5.41, 5.74) is 0. The number of carbonyl (C=O) groups excluding carboxylic acids is 1. The van der Waals surface area contributed by atoms with Gasteiger partial charge in [0.2, 0.25) is 5.91 Å². The summed E-state index contributed by atoms with van der Waals surface area (Å²) in [6, 6.07) is -0.714. The van der Waals surface area contributed by atoms with Crippen molar-refractivity contribution in [1.82, 2.24) is 5.32 Å². The predicted octanol–water partition coefficient (Wildman–Crippen LogP) is 15.4. The van der Waals surface area contributed by atoms with E-state index in [0.717, 1.165) is 38.5 Å². The fourth-order valence-electron chi connectivity index (χ4n) is 10.3. The smallest absolute Gasteiger partial charge is 0.220 e. The monoisotopic (exact) mass is 982 g/mol. The Balaban J connectivity index is 2.14. The first-order valence-corrected chi connectivity index (χ1v) is 30.7. The number of aliphatic hydroxyl groups is 5. The maximum Gasteiger partial charge on any atom is 0.220 e. The summed E-state index contributed by atoms with van der Waals surface area (Å²) in [7, 11) is 0. The molecule has 412 valence electrons. The first-order chi connectivity index (χ1) is 33.8. The van der Waals surface area contributed by atoms with E-state index in [1.165, 1.54) is 257 Å². The summed E-state index contributed by atoms with van der Waals surface area (Å²) in [4.78, 5) is 13.1. The van der Waals surface area contributed by atoms with Gasteiger partial charge in [-0.25, -0.2) is 0 Å². The molecule has 0 saturated carbocycles. The van der Waals surface area contributed by atoms with E-state index in [-0.39, 0.29) is 12.5 Å². The van der Waals surface area contributed by atoms with Gasteiger partial charge in [0.25, 0.3) is 0 Å². The minimum atomic E-state index is -1.55. The normalized spacial score (nSPS) is 19.3.